The van der Waals surface area contributed by atoms with Crippen molar-refractivity contribution in [2.45, 2.75) is 6.04 Å². The van der Waals surface area contributed by atoms with Crippen molar-refractivity contribution in [3.63, 3.8) is 0 Å². The van der Waals surface area contributed by atoms with E-state index in [2.05, 4.69) is 36.0 Å². The second kappa shape index (κ2) is 9.52. The van der Waals surface area contributed by atoms with Crippen molar-refractivity contribution in [1.82, 2.24) is 25.4 Å². The van der Waals surface area contributed by atoms with Crippen molar-refractivity contribution in [1.29, 1.82) is 5.26 Å². The van der Waals surface area contributed by atoms with E-state index in [-0.39, 0.29) is 27.8 Å². The first kappa shape index (κ1) is 23.1. The van der Waals surface area contributed by atoms with E-state index in [0.717, 1.165) is 12.3 Å². The van der Waals surface area contributed by atoms with E-state index >= 15 is 0 Å². The van der Waals surface area contributed by atoms with Crippen LogP contribution < -0.4 is 10.6 Å². The number of aromatic amines is 1. The molecule has 0 radical (unpaired) electrons. The third-order valence-corrected chi connectivity index (χ3v) is 5.64. The average molecular weight is 507 g/mol. The Balaban J connectivity index is 1.61. The lowest BCUT2D eigenvalue weighted by Crippen LogP contribution is -2.13. The van der Waals surface area contributed by atoms with Gasteiger partial charge in [-0.3, -0.25) is 4.98 Å². The third kappa shape index (κ3) is 4.49. The number of nitriles is 1. The molecule has 3 N–H and O–H groups in total. The first-order valence-corrected chi connectivity index (χ1v) is 10.8. The van der Waals surface area contributed by atoms with Gasteiger partial charge >= 0.3 is 0 Å². The molecule has 178 valence electrons. The Morgan fingerprint density at radius 1 is 0.972 bits per heavy atom. The van der Waals surface area contributed by atoms with Gasteiger partial charge in [-0.2, -0.15) is 25.1 Å². The predicted octanol–water partition coefficient (Wildman–Crippen LogP) is 5.64. The highest BCUT2D eigenvalue weighted by Crippen LogP contribution is 2.36. The molecule has 0 unspecified atom stereocenters. The van der Waals surface area contributed by atoms with Crippen LogP contribution in [0.3, 0.4) is 0 Å². The average Bonchev–Trinajstić information content (AvgIpc) is 3.40. The van der Waals surface area contributed by atoms with Crippen LogP contribution in [0.2, 0.25) is 5.02 Å². The lowest BCUT2D eigenvalue weighted by atomic mass is 10.0. The summed E-state index contributed by atoms with van der Waals surface area (Å²) in [6, 6.07) is 11.7. The number of hydrogen-bond acceptors (Lipinski definition) is 7. The van der Waals surface area contributed by atoms with E-state index in [1.165, 1.54) is 24.5 Å². The van der Waals surface area contributed by atoms with Crippen LogP contribution in [0.4, 0.5) is 30.2 Å². The number of pyridine rings is 2. The van der Waals surface area contributed by atoms with Crippen LogP contribution in [0.15, 0.2) is 61.1 Å². The number of nitrogens with one attached hydrogen (secondary N) is 3. The van der Waals surface area contributed by atoms with Gasteiger partial charge in [0.2, 0.25) is 5.95 Å². The Bertz CT molecular complexity index is 1600. The quantitative estimate of drug-likeness (QED) is 0.255. The number of fused-ring (bicyclic) bond motifs is 1. The standard InChI is InChI=1S/C24H14ClF3N8/c25-18-6-15(33-22(20-11-32-36-35-20)12-1-3-14(26)4-2-12)5-17-21(13(8-29)9-30-23(17)18)34-16-7-19(27)24(28)31-10-16/h1-7,9-11,22,33H,(H,30,34)(H,32,35,36)/t22-/m0/s1. The number of aromatic nitrogens is 5. The maximum atomic E-state index is 13.7. The van der Waals surface area contributed by atoms with Gasteiger partial charge in [0.05, 0.1) is 45.9 Å². The Morgan fingerprint density at radius 3 is 2.47 bits per heavy atom. The number of nitrogens with zero attached hydrogens (tertiary/aromatic N) is 5. The maximum Gasteiger partial charge on any atom is 0.249 e. The van der Waals surface area contributed by atoms with Crippen LogP contribution in [0.25, 0.3) is 10.9 Å². The molecular weight excluding hydrogens is 493 g/mol. The summed E-state index contributed by atoms with van der Waals surface area (Å²) in [4.78, 5) is 7.65. The van der Waals surface area contributed by atoms with Crippen molar-refractivity contribution in [3.8, 4) is 6.07 Å². The fourth-order valence-electron chi connectivity index (χ4n) is 3.70. The molecule has 0 aliphatic rings. The number of benzene rings is 2. The number of H-pyrrole nitrogens is 1. The molecule has 8 nitrogen and oxygen atoms in total. The maximum absolute atomic E-state index is 13.7. The Kier molecular flexibility index (Phi) is 6.10. The lowest BCUT2D eigenvalue weighted by molar-refractivity contribution is 0.480. The summed E-state index contributed by atoms with van der Waals surface area (Å²) in [5, 5.41) is 27.1. The second-order valence-corrected chi connectivity index (χ2v) is 8.07. The molecule has 0 spiro atoms. The van der Waals surface area contributed by atoms with Gasteiger partial charge in [0, 0.05) is 23.3 Å². The second-order valence-electron chi connectivity index (χ2n) is 7.66. The number of rotatable bonds is 6. The Morgan fingerprint density at radius 2 is 1.78 bits per heavy atom. The Hall–Kier alpha value is -4.69. The van der Waals surface area contributed by atoms with Crippen LogP contribution >= 0.6 is 11.6 Å². The molecule has 36 heavy (non-hydrogen) atoms. The SMILES string of the molecule is N#Cc1cnc2c(Cl)cc(N[C@@H](c3ccc(F)cc3)c3cn[nH]n3)cc2c1Nc1cnc(F)c(F)c1. The molecule has 0 amide bonds. The van der Waals surface area contributed by atoms with Crippen molar-refractivity contribution in [3.05, 3.63) is 100 Å². The van der Waals surface area contributed by atoms with Crippen LogP contribution in [-0.4, -0.2) is 25.4 Å². The molecular formula is C24H14ClF3N8. The first-order chi connectivity index (χ1) is 17.4. The van der Waals surface area contributed by atoms with Crippen molar-refractivity contribution < 1.29 is 13.2 Å². The highest BCUT2D eigenvalue weighted by molar-refractivity contribution is 6.36. The monoisotopic (exact) mass is 506 g/mol. The molecule has 5 aromatic rings. The molecule has 0 saturated heterocycles. The number of halogens is 4. The Labute approximate surface area is 206 Å². The van der Waals surface area contributed by atoms with Crippen molar-refractivity contribution in [2.24, 2.45) is 0 Å². The molecule has 2 aromatic carbocycles. The topological polar surface area (TPSA) is 115 Å². The molecule has 1 atom stereocenters. The molecule has 3 heterocycles. The van der Waals surface area contributed by atoms with Gasteiger partial charge < -0.3 is 10.6 Å². The minimum Gasteiger partial charge on any atom is -0.373 e. The van der Waals surface area contributed by atoms with E-state index in [4.69, 9.17) is 11.6 Å². The van der Waals surface area contributed by atoms with Gasteiger partial charge in [-0.15, -0.1) is 0 Å². The zero-order chi connectivity index (χ0) is 25.2. The molecule has 0 aliphatic carbocycles. The molecule has 0 fully saturated rings. The first-order valence-electron chi connectivity index (χ1n) is 10.4. The normalized spacial score (nSPS) is 11.8. The van der Waals surface area contributed by atoms with E-state index in [9.17, 15) is 18.4 Å². The summed E-state index contributed by atoms with van der Waals surface area (Å²) >= 11 is 6.53. The van der Waals surface area contributed by atoms with E-state index in [1.54, 1.807) is 24.3 Å². The van der Waals surface area contributed by atoms with Crippen molar-refractivity contribution >= 4 is 39.6 Å². The van der Waals surface area contributed by atoms with Gasteiger partial charge in [0.15, 0.2) is 5.82 Å². The summed E-state index contributed by atoms with van der Waals surface area (Å²) in [6.07, 6.45) is 3.96. The van der Waals surface area contributed by atoms with Gasteiger partial charge in [0.1, 0.15) is 17.6 Å². The molecule has 5 rings (SSSR count). The molecule has 0 bridgehead atoms. The van der Waals surface area contributed by atoms with Gasteiger partial charge in [-0.05, 0) is 29.8 Å². The summed E-state index contributed by atoms with van der Waals surface area (Å²) in [5.74, 6) is -2.77. The summed E-state index contributed by atoms with van der Waals surface area (Å²) < 4.78 is 40.6. The summed E-state index contributed by atoms with van der Waals surface area (Å²) in [5.41, 5.74) is 2.68. The molecule has 3 aromatic heterocycles. The van der Waals surface area contributed by atoms with Gasteiger partial charge in [-0.25, -0.2) is 13.8 Å². The zero-order valence-electron chi connectivity index (χ0n) is 18.1. The number of hydrogen-bond donors (Lipinski definition) is 3. The molecule has 0 aliphatic heterocycles. The molecule has 0 saturated carbocycles. The smallest absolute Gasteiger partial charge is 0.249 e. The van der Waals surface area contributed by atoms with E-state index in [1.807, 2.05) is 6.07 Å². The zero-order valence-corrected chi connectivity index (χ0v) is 18.9. The fourth-order valence-corrected chi connectivity index (χ4v) is 3.96. The van der Waals surface area contributed by atoms with E-state index in [0.29, 0.717) is 27.8 Å². The summed E-state index contributed by atoms with van der Waals surface area (Å²) in [7, 11) is 0. The predicted molar refractivity (Wildman–Crippen MR) is 127 cm³/mol. The summed E-state index contributed by atoms with van der Waals surface area (Å²) in [6.45, 7) is 0. The van der Waals surface area contributed by atoms with Crippen LogP contribution in [0.5, 0.6) is 0 Å². The largest absolute Gasteiger partial charge is 0.373 e. The highest BCUT2D eigenvalue weighted by atomic mass is 35.5. The third-order valence-electron chi connectivity index (χ3n) is 5.35. The fraction of sp³-hybridized carbons (Fsp3) is 0.0417. The van der Waals surface area contributed by atoms with Crippen LogP contribution in [0, 0.1) is 28.9 Å². The van der Waals surface area contributed by atoms with Crippen LogP contribution in [-0.2, 0) is 0 Å². The lowest BCUT2D eigenvalue weighted by Gasteiger charge is -2.20. The molecule has 12 heteroatoms. The van der Waals surface area contributed by atoms with E-state index < -0.39 is 17.8 Å². The minimum atomic E-state index is -1.24. The van der Waals surface area contributed by atoms with Gasteiger partial charge in [-0.1, -0.05) is 23.7 Å². The van der Waals surface area contributed by atoms with Gasteiger partial charge in [0.25, 0.3) is 0 Å². The van der Waals surface area contributed by atoms with Crippen molar-refractivity contribution in [2.75, 3.05) is 10.6 Å². The minimum absolute atomic E-state index is 0.124. The highest BCUT2D eigenvalue weighted by Gasteiger charge is 2.20. The number of anilines is 3. The van der Waals surface area contributed by atoms with Crippen LogP contribution in [0.1, 0.15) is 22.9 Å².